The van der Waals surface area contributed by atoms with Crippen molar-refractivity contribution in [2.24, 2.45) is 0 Å². The number of nitrogens with one attached hydrogen (secondary N) is 4. The number of carbonyl (C=O) groups excluding carboxylic acids is 4. The first-order valence-electron chi connectivity index (χ1n) is 30.8. The van der Waals surface area contributed by atoms with Crippen LogP contribution in [0.5, 0.6) is 46.0 Å². The van der Waals surface area contributed by atoms with Gasteiger partial charge in [0.15, 0.2) is 0 Å². The molecule has 2 unspecified atom stereocenters. The summed E-state index contributed by atoms with van der Waals surface area (Å²) >= 11 is 0. The van der Waals surface area contributed by atoms with Crippen LogP contribution in [0.15, 0.2) is 170 Å². The van der Waals surface area contributed by atoms with Gasteiger partial charge in [-0.25, -0.2) is 0 Å². The summed E-state index contributed by atoms with van der Waals surface area (Å²) in [5, 5.41) is 13.8. The van der Waals surface area contributed by atoms with E-state index in [4.69, 9.17) is 37.9 Å². The van der Waals surface area contributed by atoms with Crippen molar-refractivity contribution in [2.75, 3.05) is 56.9 Å². The van der Waals surface area contributed by atoms with Crippen molar-refractivity contribution in [3.63, 3.8) is 0 Å². The smallest absolute Gasteiger partial charge is 0.221 e. The van der Waals surface area contributed by atoms with Gasteiger partial charge in [0.25, 0.3) is 0 Å². The number of benzene rings is 8. The van der Waals surface area contributed by atoms with Gasteiger partial charge in [0.2, 0.25) is 23.6 Å². The molecule has 4 amide bonds. The maximum absolute atomic E-state index is 16.1. The summed E-state index contributed by atoms with van der Waals surface area (Å²) in [7, 11) is 12.5. The summed E-state index contributed by atoms with van der Waals surface area (Å²) in [6.45, 7) is 7.91. The molecule has 0 aromatic heterocycles. The van der Waals surface area contributed by atoms with Crippen LogP contribution in [0.4, 0.5) is 0 Å². The van der Waals surface area contributed by atoms with E-state index < -0.39 is 45.8 Å². The van der Waals surface area contributed by atoms with Crippen LogP contribution in [0.1, 0.15) is 144 Å². The number of ether oxygens (including phenoxy) is 8. The standard InChI is InChI=1S/C76H80N4O12/c1-73-41-65(81)77-69(45-25-17-13-18-26-45)70(46-27-19-14-20-28-46)78-66(82)42-74(2,50-33-49(73)57(85-5)37-58(50)86-6)55-36-56(64(92-12)40-63(55)91-11)76(4)44-68(84)80-72(48-31-23-16-24-32-48)71(47-29-21-15-22-30-47)79-67(83)43-75(3,51-34-52(76)60(88-8)38-59(51)87-7)54-35-53(73)61(89-9)39-62(54)90-10/h13-40,69-72H,41-44H2,1-12H3,(H,77,81)(H,78,82)(H,79,83)(H,80,84)/t69-,70?,71?,72-,73?,74?,75?,76?/m0/s1. The van der Waals surface area contributed by atoms with Crippen LogP contribution >= 0.6 is 0 Å². The van der Waals surface area contributed by atoms with Gasteiger partial charge in [0, 0.05) is 116 Å². The van der Waals surface area contributed by atoms with Crippen LogP contribution in [-0.2, 0) is 40.8 Å². The van der Waals surface area contributed by atoms with Gasteiger partial charge >= 0.3 is 0 Å². The van der Waals surface area contributed by atoms with Crippen molar-refractivity contribution in [1.29, 1.82) is 0 Å². The molecule has 0 radical (unpaired) electrons. The molecule has 8 aromatic carbocycles. The van der Waals surface area contributed by atoms with E-state index >= 15 is 19.2 Å². The molecule has 0 saturated carbocycles. The van der Waals surface area contributed by atoms with E-state index in [1.165, 1.54) is 0 Å². The molecule has 0 saturated heterocycles. The summed E-state index contributed by atoms with van der Waals surface area (Å²) in [6, 6.07) is 50.0. The van der Waals surface area contributed by atoms with Crippen molar-refractivity contribution in [2.45, 2.75) is 99.2 Å². The quantitative estimate of drug-likeness (QED) is 0.0907. The zero-order valence-corrected chi connectivity index (χ0v) is 54.2. The Kier molecular flexibility index (Phi) is 17.8. The number of hydrogen-bond donors (Lipinski definition) is 4. The highest BCUT2D eigenvalue weighted by Crippen LogP contribution is 2.58. The average molecular weight is 1240 g/mol. The van der Waals surface area contributed by atoms with Crippen molar-refractivity contribution < 1.29 is 57.1 Å². The Morgan fingerprint density at radius 2 is 0.413 bits per heavy atom. The molecule has 4 atom stereocenters. The van der Waals surface area contributed by atoms with Gasteiger partial charge in [-0.3, -0.25) is 19.2 Å². The Morgan fingerprint density at radius 1 is 0.261 bits per heavy atom. The fourth-order valence-electron chi connectivity index (χ4n) is 14.6. The molecule has 8 aromatic rings. The lowest BCUT2D eigenvalue weighted by molar-refractivity contribution is -0.125. The predicted molar refractivity (Wildman–Crippen MR) is 352 cm³/mol. The minimum absolute atomic E-state index is 0.241. The third-order valence-electron chi connectivity index (χ3n) is 19.5. The molecular formula is C76H80N4O12. The van der Waals surface area contributed by atoms with Gasteiger partial charge in [-0.15, -0.1) is 0 Å². The Hall–Kier alpha value is -9.96. The molecule has 3 aliphatic rings. The van der Waals surface area contributed by atoms with E-state index in [-0.39, 0.29) is 49.3 Å². The first-order chi connectivity index (χ1) is 44.3. The zero-order valence-electron chi connectivity index (χ0n) is 54.2. The summed E-state index contributed by atoms with van der Waals surface area (Å²) in [5.41, 5.74) is 1.30. The lowest BCUT2D eigenvalue weighted by atomic mass is 9.64. The Bertz CT molecular complexity index is 3570. The number of fused-ring (bicyclic) bond motifs is 8. The van der Waals surface area contributed by atoms with Gasteiger partial charge in [0.1, 0.15) is 46.0 Å². The van der Waals surface area contributed by atoms with Gasteiger partial charge in [-0.1, -0.05) is 149 Å². The number of rotatable bonds is 12. The molecule has 0 spiro atoms. The Morgan fingerprint density at radius 3 is 0.554 bits per heavy atom. The molecule has 11 rings (SSSR count). The second-order valence-electron chi connectivity index (χ2n) is 24.9. The van der Waals surface area contributed by atoms with E-state index in [9.17, 15) is 0 Å². The van der Waals surface area contributed by atoms with E-state index in [1.807, 2.05) is 173 Å². The number of methoxy groups -OCH3 is 8. The highest BCUT2D eigenvalue weighted by molar-refractivity contribution is 5.85. The zero-order chi connectivity index (χ0) is 65.3. The molecule has 0 fully saturated rings. The van der Waals surface area contributed by atoms with Crippen LogP contribution in [0.2, 0.25) is 0 Å². The fraction of sp³-hybridized carbons (Fsp3) is 0.316. The highest BCUT2D eigenvalue weighted by atomic mass is 16.5. The van der Waals surface area contributed by atoms with Gasteiger partial charge in [-0.2, -0.15) is 0 Å². The van der Waals surface area contributed by atoms with Gasteiger partial charge < -0.3 is 59.2 Å². The minimum atomic E-state index is -1.45. The largest absolute Gasteiger partial charge is 0.496 e. The Labute approximate surface area is 538 Å². The second kappa shape index (κ2) is 25.7. The molecule has 92 heavy (non-hydrogen) atoms. The maximum Gasteiger partial charge on any atom is 0.221 e. The topological polar surface area (TPSA) is 190 Å². The van der Waals surface area contributed by atoms with Crippen LogP contribution in [0.3, 0.4) is 0 Å². The highest BCUT2D eigenvalue weighted by Gasteiger charge is 2.50. The second-order valence-corrected chi connectivity index (χ2v) is 24.9. The van der Waals surface area contributed by atoms with Crippen molar-refractivity contribution >= 4 is 23.6 Å². The molecule has 476 valence electrons. The molecule has 1 aliphatic carbocycles. The van der Waals surface area contributed by atoms with E-state index in [0.29, 0.717) is 90.5 Å². The summed E-state index contributed by atoms with van der Waals surface area (Å²) < 4.78 is 52.1. The monoisotopic (exact) mass is 1240 g/mol. The van der Waals surface area contributed by atoms with E-state index in [2.05, 4.69) is 21.3 Å². The molecule has 4 N–H and O–H groups in total. The van der Waals surface area contributed by atoms with Crippen molar-refractivity contribution in [1.82, 2.24) is 21.3 Å². The fourth-order valence-corrected chi connectivity index (χ4v) is 14.6. The molecule has 16 heteroatoms. The van der Waals surface area contributed by atoms with Crippen LogP contribution in [0, 0.1) is 0 Å². The van der Waals surface area contributed by atoms with Gasteiger partial charge in [0.05, 0.1) is 81.0 Å². The number of carbonyl (C=O) groups is 4. The van der Waals surface area contributed by atoms with Crippen molar-refractivity contribution in [3.8, 4) is 46.0 Å². The SMILES string of the molecule is COc1cc(OC)c2cc1C1(C)CC(=O)NC(c3ccccc3)[C@H](c3ccccc3)NC(=O)CC2(C)c2cc(c(OC)cc2OC)C2(C)CC(=O)NC(c3ccccc3)[C@H](c3ccccc3)NC(=O)CC(C)(c3cc2c(OC)cc3OC)c2cc1c(OC)cc2OC. The maximum atomic E-state index is 16.1. The lowest BCUT2D eigenvalue weighted by Gasteiger charge is -2.41. The third-order valence-corrected chi connectivity index (χ3v) is 19.5. The van der Waals surface area contributed by atoms with Crippen LogP contribution in [0.25, 0.3) is 0 Å². The molecule has 2 heterocycles. The number of amides is 4. The van der Waals surface area contributed by atoms with Gasteiger partial charge in [-0.05, 0) is 46.5 Å². The number of hydrogen-bond acceptors (Lipinski definition) is 12. The normalized spacial score (nSPS) is 23.9. The first kappa shape index (κ1) is 63.6. The minimum Gasteiger partial charge on any atom is -0.496 e. The van der Waals surface area contributed by atoms with Crippen LogP contribution in [-0.4, -0.2) is 80.5 Å². The lowest BCUT2D eigenvalue weighted by Crippen LogP contribution is -2.44. The molecule has 12 bridgehead atoms. The summed E-state index contributed by atoms with van der Waals surface area (Å²) in [6.07, 6.45) is -0.964. The third kappa shape index (κ3) is 11.3. The molecule has 16 nitrogen and oxygen atoms in total. The van der Waals surface area contributed by atoms with Crippen molar-refractivity contribution in [3.05, 3.63) is 237 Å². The van der Waals surface area contributed by atoms with Crippen LogP contribution < -0.4 is 59.2 Å². The molecular weight excluding hydrogens is 1160 g/mol. The Balaban J connectivity index is 1.35. The summed E-state index contributed by atoms with van der Waals surface area (Å²) in [5.74, 6) is 1.27. The molecule has 2 aliphatic heterocycles. The summed E-state index contributed by atoms with van der Waals surface area (Å²) in [4.78, 5) is 64.3. The van der Waals surface area contributed by atoms with E-state index in [0.717, 1.165) is 22.3 Å². The average Bonchev–Trinajstić information content (AvgIpc) is 0.845. The predicted octanol–water partition coefficient (Wildman–Crippen LogP) is 12.3. The first-order valence-corrected chi connectivity index (χ1v) is 30.8. The van der Waals surface area contributed by atoms with E-state index in [1.54, 1.807) is 81.1 Å².